The molecule has 0 aliphatic rings. The molecule has 17 heavy (non-hydrogen) atoms. The first-order valence-electron chi connectivity index (χ1n) is 4.59. The van der Waals surface area contributed by atoms with E-state index in [1.54, 1.807) is 0 Å². The van der Waals surface area contributed by atoms with Gasteiger partial charge in [0.25, 0.3) is 0 Å². The minimum Gasteiger partial charge on any atom is -0.320 e. The average molecular weight is 257 g/mol. The van der Waals surface area contributed by atoms with Crippen molar-refractivity contribution in [1.82, 2.24) is 0 Å². The Morgan fingerprint density at radius 1 is 1.06 bits per heavy atom. The summed E-state index contributed by atoms with van der Waals surface area (Å²) in [5.41, 5.74) is 3.76. The van der Waals surface area contributed by atoms with E-state index < -0.39 is 30.4 Å². The normalized spacial score (nSPS) is 14.8. The van der Waals surface area contributed by atoms with E-state index in [-0.39, 0.29) is 5.56 Å². The number of halogens is 6. The number of alkyl halides is 6. The molecule has 0 aliphatic heterocycles. The fourth-order valence-electron chi connectivity index (χ4n) is 1.24. The second-order valence-electron chi connectivity index (χ2n) is 3.55. The van der Waals surface area contributed by atoms with E-state index in [0.717, 1.165) is 12.1 Å². The SMILES string of the molecule is NC(Cc1cccc(C(F)(F)F)c1)C(F)(F)F. The van der Waals surface area contributed by atoms with Crippen molar-refractivity contribution in [2.24, 2.45) is 5.73 Å². The zero-order valence-electron chi connectivity index (χ0n) is 8.44. The van der Waals surface area contributed by atoms with Crippen molar-refractivity contribution in [3.05, 3.63) is 35.4 Å². The fourth-order valence-corrected chi connectivity index (χ4v) is 1.24. The second-order valence-corrected chi connectivity index (χ2v) is 3.55. The van der Waals surface area contributed by atoms with Crippen LogP contribution in [0, 0.1) is 0 Å². The smallest absolute Gasteiger partial charge is 0.320 e. The molecule has 2 N–H and O–H groups in total. The molecule has 0 aliphatic carbocycles. The monoisotopic (exact) mass is 257 g/mol. The summed E-state index contributed by atoms with van der Waals surface area (Å²) in [4.78, 5) is 0. The first-order valence-corrected chi connectivity index (χ1v) is 4.59. The minimum atomic E-state index is -4.62. The highest BCUT2D eigenvalue weighted by molar-refractivity contribution is 5.26. The Hall–Kier alpha value is -1.24. The van der Waals surface area contributed by atoms with Crippen LogP contribution in [0.15, 0.2) is 24.3 Å². The zero-order valence-corrected chi connectivity index (χ0v) is 8.44. The molecule has 1 rings (SSSR count). The predicted octanol–water partition coefficient (Wildman–Crippen LogP) is 3.14. The van der Waals surface area contributed by atoms with Crippen LogP contribution in [-0.2, 0) is 12.6 Å². The molecule has 0 amide bonds. The van der Waals surface area contributed by atoms with E-state index in [1.165, 1.54) is 6.07 Å². The molecular formula is C10H9F6N. The summed E-state index contributed by atoms with van der Waals surface area (Å²) in [6.07, 6.45) is -9.86. The predicted molar refractivity (Wildman–Crippen MR) is 49.2 cm³/mol. The van der Waals surface area contributed by atoms with E-state index in [1.807, 2.05) is 0 Å². The van der Waals surface area contributed by atoms with Crippen LogP contribution < -0.4 is 5.73 Å². The van der Waals surface area contributed by atoms with Gasteiger partial charge in [-0.25, -0.2) is 0 Å². The van der Waals surface area contributed by atoms with Gasteiger partial charge in [-0.1, -0.05) is 18.2 Å². The lowest BCUT2D eigenvalue weighted by molar-refractivity contribution is -0.147. The van der Waals surface area contributed by atoms with Crippen LogP contribution in [0.5, 0.6) is 0 Å². The summed E-state index contributed by atoms with van der Waals surface area (Å²) in [5.74, 6) is 0. The summed E-state index contributed by atoms with van der Waals surface area (Å²) in [6.45, 7) is 0. The van der Waals surface area contributed by atoms with Crippen LogP contribution in [0.4, 0.5) is 26.3 Å². The summed E-state index contributed by atoms with van der Waals surface area (Å²) in [7, 11) is 0. The largest absolute Gasteiger partial charge is 0.416 e. The molecule has 0 aromatic heterocycles. The van der Waals surface area contributed by atoms with Gasteiger partial charge in [-0.3, -0.25) is 0 Å². The Kier molecular flexibility index (Phi) is 3.71. The summed E-state index contributed by atoms with van der Waals surface area (Å²) >= 11 is 0. The molecule has 7 heteroatoms. The third-order valence-electron chi connectivity index (χ3n) is 2.13. The molecule has 0 spiro atoms. The molecule has 0 heterocycles. The lowest BCUT2D eigenvalue weighted by Gasteiger charge is -2.16. The zero-order chi connectivity index (χ0) is 13.3. The first-order chi connectivity index (χ1) is 7.60. The quantitative estimate of drug-likeness (QED) is 0.809. The summed E-state index contributed by atoms with van der Waals surface area (Å²) < 4.78 is 73.2. The molecule has 1 unspecified atom stereocenters. The summed E-state index contributed by atoms with van der Waals surface area (Å²) in [5, 5.41) is 0. The lowest BCUT2D eigenvalue weighted by Crippen LogP contribution is -2.39. The topological polar surface area (TPSA) is 26.0 Å². The molecule has 1 atom stereocenters. The van der Waals surface area contributed by atoms with Gasteiger partial charge in [0.15, 0.2) is 0 Å². The first kappa shape index (κ1) is 13.8. The van der Waals surface area contributed by atoms with E-state index in [0.29, 0.717) is 6.07 Å². The molecule has 1 aromatic rings. The molecule has 0 saturated carbocycles. The highest BCUT2D eigenvalue weighted by Crippen LogP contribution is 2.30. The summed E-state index contributed by atoms with van der Waals surface area (Å²) in [6, 6.07) is 1.54. The van der Waals surface area contributed by atoms with Gasteiger partial charge in [-0.2, -0.15) is 26.3 Å². The fraction of sp³-hybridized carbons (Fsp3) is 0.400. The van der Waals surface area contributed by atoms with Crippen molar-refractivity contribution in [2.45, 2.75) is 24.8 Å². The molecular weight excluding hydrogens is 248 g/mol. The molecule has 1 nitrogen and oxygen atoms in total. The van der Waals surface area contributed by atoms with Crippen molar-refractivity contribution in [2.75, 3.05) is 0 Å². The Bertz CT molecular complexity index is 381. The average Bonchev–Trinajstić information content (AvgIpc) is 2.15. The van der Waals surface area contributed by atoms with Gasteiger partial charge in [-0.05, 0) is 18.1 Å². The van der Waals surface area contributed by atoms with Gasteiger partial charge in [0.1, 0.15) is 6.04 Å². The number of benzene rings is 1. The highest BCUT2D eigenvalue weighted by Gasteiger charge is 2.37. The van der Waals surface area contributed by atoms with Crippen molar-refractivity contribution in [1.29, 1.82) is 0 Å². The lowest BCUT2D eigenvalue weighted by atomic mass is 10.0. The maximum absolute atomic E-state index is 12.3. The van der Waals surface area contributed by atoms with E-state index in [4.69, 9.17) is 5.73 Å². The molecule has 96 valence electrons. The number of hydrogen-bond acceptors (Lipinski definition) is 1. The van der Waals surface area contributed by atoms with Crippen LogP contribution >= 0.6 is 0 Å². The molecule has 0 fully saturated rings. The molecule has 0 saturated heterocycles. The second kappa shape index (κ2) is 4.56. The third-order valence-corrected chi connectivity index (χ3v) is 2.13. The molecule has 1 aromatic carbocycles. The number of rotatable bonds is 2. The maximum atomic E-state index is 12.3. The van der Waals surface area contributed by atoms with E-state index >= 15 is 0 Å². The van der Waals surface area contributed by atoms with Gasteiger partial charge < -0.3 is 5.73 Å². The Balaban J connectivity index is 2.87. The highest BCUT2D eigenvalue weighted by atomic mass is 19.4. The standard InChI is InChI=1S/C10H9F6N/c11-9(12,13)7-3-1-2-6(4-7)5-8(17)10(14,15)16/h1-4,8H,5,17H2. The van der Waals surface area contributed by atoms with Crippen molar-refractivity contribution >= 4 is 0 Å². The Labute approximate surface area is 93.2 Å². The van der Waals surface area contributed by atoms with Crippen molar-refractivity contribution in [3.8, 4) is 0 Å². The van der Waals surface area contributed by atoms with Crippen molar-refractivity contribution in [3.63, 3.8) is 0 Å². The van der Waals surface area contributed by atoms with Crippen molar-refractivity contribution < 1.29 is 26.3 Å². The van der Waals surface area contributed by atoms with Crippen LogP contribution in [0.25, 0.3) is 0 Å². The van der Waals surface area contributed by atoms with Crippen LogP contribution in [-0.4, -0.2) is 12.2 Å². The Morgan fingerprint density at radius 2 is 1.65 bits per heavy atom. The number of hydrogen-bond donors (Lipinski definition) is 1. The van der Waals surface area contributed by atoms with Gasteiger partial charge in [-0.15, -0.1) is 0 Å². The maximum Gasteiger partial charge on any atom is 0.416 e. The number of nitrogens with two attached hydrogens (primary N) is 1. The van der Waals surface area contributed by atoms with E-state index in [2.05, 4.69) is 0 Å². The minimum absolute atomic E-state index is 0.0929. The van der Waals surface area contributed by atoms with Crippen LogP contribution in [0.3, 0.4) is 0 Å². The third kappa shape index (κ3) is 3.92. The van der Waals surface area contributed by atoms with Crippen LogP contribution in [0.2, 0.25) is 0 Å². The Morgan fingerprint density at radius 3 is 2.12 bits per heavy atom. The van der Waals surface area contributed by atoms with Gasteiger partial charge in [0.05, 0.1) is 5.56 Å². The van der Waals surface area contributed by atoms with Gasteiger partial charge >= 0.3 is 12.4 Å². The van der Waals surface area contributed by atoms with Gasteiger partial charge in [0.2, 0.25) is 0 Å². The molecule has 0 radical (unpaired) electrons. The van der Waals surface area contributed by atoms with Gasteiger partial charge in [0, 0.05) is 0 Å². The molecule has 0 bridgehead atoms. The van der Waals surface area contributed by atoms with Crippen LogP contribution in [0.1, 0.15) is 11.1 Å². The van der Waals surface area contributed by atoms with E-state index in [9.17, 15) is 26.3 Å².